The summed E-state index contributed by atoms with van der Waals surface area (Å²) in [5.41, 5.74) is 1.53. The molecule has 2 aliphatic rings. The van der Waals surface area contributed by atoms with Crippen LogP contribution in [0.4, 0.5) is 5.82 Å². The van der Waals surface area contributed by atoms with Crippen molar-refractivity contribution in [3.05, 3.63) is 36.0 Å². The monoisotopic (exact) mass is 385 g/mol. The van der Waals surface area contributed by atoms with Gasteiger partial charge in [0, 0.05) is 29.3 Å². The highest BCUT2D eigenvalue weighted by Gasteiger charge is 2.55. The number of aryl methyl sites for hydroxylation is 1. The molecule has 0 unspecified atom stereocenters. The van der Waals surface area contributed by atoms with E-state index in [1.165, 1.54) is 0 Å². The van der Waals surface area contributed by atoms with Gasteiger partial charge in [0.25, 0.3) is 6.47 Å². The fourth-order valence-corrected chi connectivity index (χ4v) is 4.77. The maximum absolute atomic E-state index is 10.2. The van der Waals surface area contributed by atoms with Crippen molar-refractivity contribution in [1.29, 1.82) is 0 Å². The summed E-state index contributed by atoms with van der Waals surface area (Å²) >= 11 is 0. The highest BCUT2D eigenvalue weighted by Crippen LogP contribution is 2.52. The van der Waals surface area contributed by atoms with Gasteiger partial charge in [-0.1, -0.05) is 19.1 Å². The number of fused-ring (bicyclic) bond motifs is 2. The number of aromatic nitrogens is 2. The smallest absolute Gasteiger partial charge is 0.290 e. The van der Waals surface area contributed by atoms with Crippen LogP contribution in [0.5, 0.6) is 5.75 Å². The molecule has 7 nitrogen and oxygen atoms in total. The lowest BCUT2D eigenvalue weighted by molar-refractivity contribution is -0.122. The molecule has 3 N–H and O–H groups in total. The number of phenols is 1. The van der Waals surface area contributed by atoms with Crippen LogP contribution in [-0.2, 0) is 4.79 Å². The number of phenolic OH excluding ortho intramolecular Hbond substituents is 1. The lowest BCUT2D eigenvalue weighted by Crippen LogP contribution is -2.40. The molecule has 0 aliphatic carbocycles. The number of hydrogen-bond acceptors (Lipinski definition) is 6. The van der Waals surface area contributed by atoms with Gasteiger partial charge in [0.1, 0.15) is 11.6 Å². The molecular weight excluding hydrogens is 358 g/mol. The van der Waals surface area contributed by atoms with E-state index < -0.39 is 0 Å². The molecule has 3 heterocycles. The van der Waals surface area contributed by atoms with Crippen LogP contribution in [0, 0.1) is 12.3 Å². The average molecular weight is 385 g/mol. The number of rotatable bonds is 4. The minimum Gasteiger partial charge on any atom is -0.507 e. The summed E-state index contributed by atoms with van der Waals surface area (Å²) in [5, 5.41) is 27.1. The van der Waals surface area contributed by atoms with Gasteiger partial charge < -0.3 is 20.2 Å². The van der Waals surface area contributed by atoms with Crippen LogP contribution in [-0.4, -0.2) is 50.5 Å². The third-order valence-corrected chi connectivity index (χ3v) is 6.12. The van der Waals surface area contributed by atoms with E-state index in [4.69, 9.17) is 14.9 Å². The Morgan fingerprint density at radius 2 is 2.00 bits per heavy atom. The lowest BCUT2D eigenvalue weighted by Gasteiger charge is -2.35. The van der Waals surface area contributed by atoms with Gasteiger partial charge in [0.15, 0.2) is 5.82 Å². The van der Waals surface area contributed by atoms with Crippen LogP contribution in [0.2, 0.25) is 0 Å². The Bertz CT molecular complexity index is 838. The van der Waals surface area contributed by atoms with Crippen molar-refractivity contribution in [2.24, 2.45) is 5.41 Å². The van der Waals surface area contributed by atoms with Gasteiger partial charge >= 0.3 is 0 Å². The number of para-hydroxylation sites is 1. The topological polar surface area (TPSA) is 107 Å². The molecule has 1 aromatic heterocycles. The van der Waals surface area contributed by atoms with Crippen molar-refractivity contribution in [3.63, 3.8) is 0 Å². The van der Waals surface area contributed by atoms with E-state index in [-0.39, 0.29) is 24.2 Å². The molecular formula is C21H27N3O4. The van der Waals surface area contributed by atoms with Crippen LogP contribution in [0.1, 0.15) is 38.3 Å². The van der Waals surface area contributed by atoms with Gasteiger partial charge in [-0.3, -0.25) is 4.79 Å². The number of nitrogens with zero attached hydrogens (tertiary/aromatic N) is 3. The molecule has 0 saturated carbocycles. The average Bonchev–Trinajstić information content (AvgIpc) is 3.24. The first kappa shape index (κ1) is 20.1. The molecule has 0 spiro atoms. The number of hydrogen-bond donors (Lipinski definition) is 3. The summed E-state index contributed by atoms with van der Waals surface area (Å²) in [6.07, 6.45) is 4.27. The number of anilines is 1. The van der Waals surface area contributed by atoms with E-state index in [9.17, 15) is 10.2 Å². The summed E-state index contributed by atoms with van der Waals surface area (Å²) in [6, 6.07) is 9.98. The molecule has 150 valence electrons. The zero-order chi connectivity index (χ0) is 20.3. The van der Waals surface area contributed by atoms with E-state index >= 15 is 0 Å². The zero-order valence-corrected chi connectivity index (χ0v) is 16.2. The van der Waals surface area contributed by atoms with Gasteiger partial charge in [0.2, 0.25) is 0 Å². The number of benzene rings is 1. The van der Waals surface area contributed by atoms with Gasteiger partial charge in [-0.05, 0) is 44.7 Å². The highest BCUT2D eigenvalue weighted by atomic mass is 16.3. The van der Waals surface area contributed by atoms with Gasteiger partial charge in [-0.2, -0.15) is 0 Å². The van der Waals surface area contributed by atoms with E-state index in [1.54, 1.807) is 12.1 Å². The summed E-state index contributed by atoms with van der Waals surface area (Å²) in [5.74, 6) is 1.68. The van der Waals surface area contributed by atoms with Crippen LogP contribution in [0.15, 0.2) is 30.3 Å². The third-order valence-electron chi connectivity index (χ3n) is 6.12. The second-order valence-corrected chi connectivity index (χ2v) is 7.55. The van der Waals surface area contributed by atoms with Crippen molar-refractivity contribution >= 4 is 12.3 Å². The van der Waals surface area contributed by atoms with Crippen molar-refractivity contribution in [2.45, 2.75) is 51.6 Å². The molecule has 28 heavy (non-hydrogen) atoms. The Labute approximate surface area is 164 Å². The van der Waals surface area contributed by atoms with Crippen molar-refractivity contribution < 1.29 is 20.1 Å². The minimum atomic E-state index is -0.250. The molecule has 2 aliphatic heterocycles. The second kappa shape index (κ2) is 8.14. The molecule has 2 saturated heterocycles. The largest absolute Gasteiger partial charge is 0.507 e. The first-order valence-corrected chi connectivity index (χ1v) is 9.60. The molecule has 2 aromatic rings. The summed E-state index contributed by atoms with van der Waals surface area (Å²) in [7, 11) is 0. The van der Waals surface area contributed by atoms with E-state index in [0.29, 0.717) is 23.5 Å². The maximum atomic E-state index is 10.2. The Kier molecular flexibility index (Phi) is 5.84. The van der Waals surface area contributed by atoms with Crippen LogP contribution in [0.3, 0.4) is 0 Å². The molecule has 3 atom stereocenters. The number of aromatic hydroxyl groups is 1. The van der Waals surface area contributed by atoms with Crippen LogP contribution < -0.4 is 4.90 Å². The molecule has 2 bridgehead atoms. The summed E-state index contributed by atoms with van der Waals surface area (Å²) in [4.78, 5) is 20.1. The zero-order valence-electron chi connectivity index (χ0n) is 16.2. The van der Waals surface area contributed by atoms with Gasteiger partial charge in [-0.15, -0.1) is 0 Å². The van der Waals surface area contributed by atoms with E-state index in [0.717, 1.165) is 37.2 Å². The maximum Gasteiger partial charge on any atom is 0.290 e. The molecule has 2 fully saturated rings. The van der Waals surface area contributed by atoms with Crippen molar-refractivity contribution in [1.82, 2.24) is 9.97 Å². The Morgan fingerprint density at radius 1 is 1.29 bits per heavy atom. The SMILES string of the molecule is CC[C@]1(CO)C[C@H]2CC[C@@H]1N2c1cc(C)nc(-c2ccccc2O)n1.O=CO. The van der Waals surface area contributed by atoms with Crippen molar-refractivity contribution in [2.75, 3.05) is 11.5 Å². The molecule has 4 rings (SSSR count). The lowest BCUT2D eigenvalue weighted by atomic mass is 9.72. The molecule has 0 amide bonds. The third kappa shape index (κ3) is 3.42. The number of carboxylic acid groups (broad SMARTS) is 1. The number of aliphatic hydroxyl groups is 1. The summed E-state index contributed by atoms with van der Waals surface area (Å²) < 4.78 is 0. The summed E-state index contributed by atoms with van der Waals surface area (Å²) in [6.45, 7) is 4.12. The fourth-order valence-electron chi connectivity index (χ4n) is 4.77. The second-order valence-electron chi connectivity index (χ2n) is 7.55. The Morgan fingerprint density at radius 3 is 2.61 bits per heavy atom. The van der Waals surface area contributed by atoms with Gasteiger partial charge in [-0.25, -0.2) is 9.97 Å². The van der Waals surface area contributed by atoms with Gasteiger partial charge in [0.05, 0.1) is 12.2 Å². The minimum absolute atomic E-state index is 0.0170. The van der Waals surface area contributed by atoms with E-state index in [1.807, 2.05) is 25.1 Å². The molecule has 7 heteroatoms. The quantitative estimate of drug-likeness (QED) is 0.695. The first-order valence-electron chi connectivity index (χ1n) is 9.60. The predicted octanol–water partition coefficient (Wildman–Crippen LogP) is 2.99. The number of carbonyl (C=O) groups is 1. The standard InChI is InChI=1S/C20H25N3O2.CH2O2/c1-3-20(12-24)11-14-8-9-17(20)23(14)18-10-13(2)21-19(22-18)15-6-4-5-7-16(15)25;2-1-3/h4-7,10,14,17,24-25H,3,8-9,11-12H2,1-2H3;1H,(H,2,3)/t14-,17+,20-;/m1./s1. The normalized spacial score (nSPS) is 25.3. The Balaban J connectivity index is 0.000000706. The Hall–Kier alpha value is -2.67. The van der Waals surface area contributed by atoms with Crippen molar-refractivity contribution in [3.8, 4) is 17.1 Å². The highest BCUT2D eigenvalue weighted by molar-refractivity contribution is 5.65. The number of aliphatic hydroxyl groups excluding tert-OH is 1. The van der Waals surface area contributed by atoms with Crippen LogP contribution in [0.25, 0.3) is 11.4 Å². The van der Waals surface area contributed by atoms with Crippen LogP contribution >= 0.6 is 0 Å². The first-order chi connectivity index (χ1) is 13.5. The molecule has 0 radical (unpaired) electrons. The van der Waals surface area contributed by atoms with E-state index in [2.05, 4.69) is 16.8 Å². The molecule has 1 aromatic carbocycles. The predicted molar refractivity (Wildman–Crippen MR) is 106 cm³/mol. The fraction of sp³-hybridized carbons (Fsp3) is 0.476.